The monoisotopic (exact) mass is 287 g/mol. The van der Waals surface area contributed by atoms with Crippen LogP contribution in [0, 0.1) is 0 Å². The predicted octanol–water partition coefficient (Wildman–Crippen LogP) is 2.55. The molecule has 2 N–H and O–H groups in total. The van der Waals surface area contributed by atoms with Gasteiger partial charge in [-0.05, 0) is 31.7 Å². The van der Waals surface area contributed by atoms with Gasteiger partial charge in [-0.15, -0.1) is 0 Å². The van der Waals surface area contributed by atoms with Crippen molar-refractivity contribution in [2.24, 2.45) is 5.73 Å². The third-order valence-corrected chi connectivity index (χ3v) is 3.89. The maximum atomic E-state index is 6.19. The van der Waals surface area contributed by atoms with Gasteiger partial charge in [0.15, 0.2) is 5.82 Å². The zero-order chi connectivity index (χ0) is 14.9. The van der Waals surface area contributed by atoms with Gasteiger partial charge in [-0.25, -0.2) is 0 Å². The smallest absolute Gasteiger partial charge is 0.230 e. The molecule has 1 aliphatic rings. The van der Waals surface area contributed by atoms with Crippen LogP contribution in [0.2, 0.25) is 0 Å². The van der Waals surface area contributed by atoms with Crippen molar-refractivity contribution in [2.75, 3.05) is 13.2 Å². The van der Waals surface area contributed by atoms with Crippen molar-refractivity contribution in [1.82, 2.24) is 10.1 Å². The summed E-state index contributed by atoms with van der Waals surface area (Å²) in [7, 11) is 0. The minimum atomic E-state index is -0.713. The summed E-state index contributed by atoms with van der Waals surface area (Å²) in [6.07, 6.45) is 1.05. The van der Waals surface area contributed by atoms with Gasteiger partial charge in [0.2, 0.25) is 5.89 Å². The third-order valence-electron chi connectivity index (χ3n) is 3.89. The normalized spacial score (nSPS) is 23.8. The van der Waals surface area contributed by atoms with Crippen LogP contribution in [0.4, 0.5) is 0 Å². The zero-order valence-corrected chi connectivity index (χ0v) is 12.5. The Morgan fingerprint density at radius 1 is 1.33 bits per heavy atom. The lowest BCUT2D eigenvalue weighted by molar-refractivity contribution is 0.0962. The second-order valence-electron chi connectivity index (χ2n) is 5.87. The number of aromatic nitrogens is 2. The molecule has 112 valence electrons. The molecule has 5 nitrogen and oxygen atoms in total. The Morgan fingerprint density at radius 3 is 2.81 bits per heavy atom. The second-order valence-corrected chi connectivity index (χ2v) is 5.87. The van der Waals surface area contributed by atoms with E-state index < -0.39 is 5.54 Å². The van der Waals surface area contributed by atoms with Crippen LogP contribution in [-0.2, 0) is 10.3 Å². The van der Waals surface area contributed by atoms with E-state index in [9.17, 15) is 0 Å². The highest BCUT2D eigenvalue weighted by atomic mass is 16.5. The maximum absolute atomic E-state index is 6.19. The van der Waals surface area contributed by atoms with Crippen LogP contribution in [0.3, 0.4) is 0 Å². The summed E-state index contributed by atoms with van der Waals surface area (Å²) in [4.78, 5) is 4.49. The minimum Gasteiger partial charge on any atom is -0.379 e. The Labute approximate surface area is 124 Å². The minimum absolute atomic E-state index is 0.316. The zero-order valence-electron chi connectivity index (χ0n) is 12.5. The number of hydrogen-bond acceptors (Lipinski definition) is 5. The van der Waals surface area contributed by atoms with Gasteiger partial charge < -0.3 is 15.0 Å². The Kier molecular flexibility index (Phi) is 3.78. The molecule has 0 bridgehead atoms. The first-order valence-electron chi connectivity index (χ1n) is 7.37. The first-order chi connectivity index (χ1) is 10.1. The van der Waals surface area contributed by atoms with Crippen molar-refractivity contribution in [3.8, 4) is 0 Å². The molecule has 5 heteroatoms. The summed E-state index contributed by atoms with van der Waals surface area (Å²) < 4.78 is 10.8. The quantitative estimate of drug-likeness (QED) is 0.883. The van der Waals surface area contributed by atoms with E-state index in [1.807, 2.05) is 19.9 Å². The number of nitrogens with two attached hydrogens (primary N) is 1. The maximum Gasteiger partial charge on any atom is 0.230 e. The largest absolute Gasteiger partial charge is 0.379 e. The number of ether oxygens (including phenoxy) is 1. The lowest BCUT2D eigenvalue weighted by atomic mass is 10.1. The van der Waals surface area contributed by atoms with Gasteiger partial charge in [-0.1, -0.05) is 35.5 Å². The standard InChI is InChI=1S/C16H21N3O2/c1-3-20-10-16(2,17)15-18-14(21-19-15)13-9-12(13)11-7-5-4-6-8-11/h4-8,12-13H,3,9-10,17H2,1-2H3. The number of rotatable bonds is 6. The van der Waals surface area contributed by atoms with Gasteiger partial charge in [0.1, 0.15) is 5.54 Å². The third kappa shape index (κ3) is 2.99. The highest BCUT2D eigenvalue weighted by Gasteiger charge is 2.44. The van der Waals surface area contributed by atoms with Gasteiger partial charge in [0, 0.05) is 12.5 Å². The molecule has 0 radical (unpaired) electrons. The molecule has 0 amide bonds. The van der Waals surface area contributed by atoms with Crippen LogP contribution in [-0.4, -0.2) is 23.4 Å². The fourth-order valence-corrected chi connectivity index (χ4v) is 2.53. The molecule has 1 aromatic heterocycles. The van der Waals surface area contributed by atoms with Gasteiger partial charge in [0.05, 0.1) is 6.61 Å². The molecule has 0 aliphatic heterocycles. The summed E-state index contributed by atoms with van der Waals surface area (Å²) >= 11 is 0. The van der Waals surface area contributed by atoms with E-state index in [1.54, 1.807) is 0 Å². The SMILES string of the molecule is CCOCC(C)(N)c1noc(C2CC2c2ccccc2)n1. The van der Waals surface area contributed by atoms with E-state index in [-0.39, 0.29) is 0 Å². The molecule has 3 atom stereocenters. The molecule has 2 aromatic rings. The first kappa shape index (κ1) is 14.2. The van der Waals surface area contributed by atoms with Crippen molar-refractivity contribution in [2.45, 2.75) is 37.6 Å². The summed E-state index contributed by atoms with van der Waals surface area (Å²) in [5.41, 5.74) is 6.81. The van der Waals surface area contributed by atoms with Crippen LogP contribution in [0.1, 0.15) is 49.4 Å². The van der Waals surface area contributed by atoms with E-state index in [2.05, 4.69) is 34.4 Å². The molecule has 1 heterocycles. The van der Waals surface area contributed by atoms with Crippen LogP contribution >= 0.6 is 0 Å². The molecule has 0 saturated heterocycles. The average molecular weight is 287 g/mol. The second kappa shape index (κ2) is 5.58. The van der Waals surface area contributed by atoms with E-state index >= 15 is 0 Å². The van der Waals surface area contributed by atoms with E-state index in [0.717, 1.165) is 6.42 Å². The molecule has 3 rings (SSSR count). The average Bonchev–Trinajstić information content (AvgIpc) is 3.14. The Hall–Kier alpha value is -1.72. The molecule has 0 spiro atoms. The van der Waals surface area contributed by atoms with Crippen molar-refractivity contribution in [1.29, 1.82) is 0 Å². The van der Waals surface area contributed by atoms with Crippen LogP contribution in [0.15, 0.2) is 34.9 Å². The van der Waals surface area contributed by atoms with Crippen molar-refractivity contribution in [3.05, 3.63) is 47.6 Å². The number of hydrogen-bond donors (Lipinski definition) is 1. The van der Waals surface area contributed by atoms with Crippen molar-refractivity contribution >= 4 is 0 Å². The number of nitrogens with zero attached hydrogens (tertiary/aromatic N) is 2. The van der Waals surface area contributed by atoms with Gasteiger partial charge in [-0.3, -0.25) is 0 Å². The van der Waals surface area contributed by atoms with Crippen molar-refractivity contribution < 1.29 is 9.26 Å². The van der Waals surface area contributed by atoms with E-state index in [4.69, 9.17) is 15.0 Å². The lowest BCUT2D eigenvalue weighted by Gasteiger charge is -2.19. The van der Waals surface area contributed by atoms with Crippen molar-refractivity contribution in [3.63, 3.8) is 0 Å². The Bertz CT molecular complexity index is 595. The molecular weight excluding hydrogens is 266 g/mol. The fourth-order valence-electron chi connectivity index (χ4n) is 2.53. The molecule has 3 unspecified atom stereocenters. The summed E-state index contributed by atoms with van der Waals surface area (Å²) in [5, 5.41) is 4.04. The summed E-state index contributed by atoms with van der Waals surface area (Å²) in [6, 6.07) is 10.4. The summed E-state index contributed by atoms with van der Waals surface area (Å²) in [6.45, 7) is 4.80. The highest BCUT2D eigenvalue weighted by Crippen LogP contribution is 2.54. The highest BCUT2D eigenvalue weighted by molar-refractivity contribution is 5.30. The summed E-state index contributed by atoms with van der Waals surface area (Å²) in [5.74, 6) is 2.00. The van der Waals surface area contributed by atoms with Crippen LogP contribution < -0.4 is 5.73 Å². The first-order valence-corrected chi connectivity index (χ1v) is 7.37. The molecule has 1 aliphatic carbocycles. The van der Waals surface area contributed by atoms with Crippen LogP contribution in [0.25, 0.3) is 0 Å². The molecule has 21 heavy (non-hydrogen) atoms. The Balaban J connectivity index is 1.69. The Morgan fingerprint density at radius 2 is 2.10 bits per heavy atom. The number of benzene rings is 1. The lowest BCUT2D eigenvalue weighted by Crippen LogP contribution is -2.39. The van der Waals surface area contributed by atoms with E-state index in [0.29, 0.717) is 36.8 Å². The molecule has 1 fully saturated rings. The van der Waals surface area contributed by atoms with Crippen LogP contribution in [0.5, 0.6) is 0 Å². The molecule has 1 saturated carbocycles. The molecular formula is C16H21N3O2. The fraction of sp³-hybridized carbons (Fsp3) is 0.500. The van der Waals surface area contributed by atoms with Gasteiger partial charge >= 0.3 is 0 Å². The van der Waals surface area contributed by atoms with Gasteiger partial charge in [0.25, 0.3) is 0 Å². The topological polar surface area (TPSA) is 74.2 Å². The molecule has 1 aromatic carbocycles. The van der Waals surface area contributed by atoms with Gasteiger partial charge in [-0.2, -0.15) is 4.98 Å². The van der Waals surface area contributed by atoms with E-state index in [1.165, 1.54) is 5.56 Å². The predicted molar refractivity (Wildman–Crippen MR) is 78.9 cm³/mol.